The Morgan fingerprint density at radius 1 is 1.21 bits per heavy atom. The van der Waals surface area contributed by atoms with Gasteiger partial charge in [0.15, 0.2) is 11.4 Å². The van der Waals surface area contributed by atoms with Crippen molar-refractivity contribution >= 4 is 17.5 Å². The predicted molar refractivity (Wildman–Crippen MR) is 106 cm³/mol. The third-order valence-corrected chi connectivity index (χ3v) is 5.15. The first-order valence-electron chi connectivity index (χ1n) is 9.33. The molecule has 2 aromatic rings. The normalized spacial score (nSPS) is 13.8. The SMILES string of the molecule is CCCCN1CN(CC)C(=O)c2c(O)c(=O)c(Cc3ccc(Cl)cc3F)cn21. The molecule has 1 N–H and O–H groups in total. The molecule has 0 bridgehead atoms. The van der Waals surface area contributed by atoms with Crippen LogP contribution in [0.1, 0.15) is 48.3 Å². The van der Waals surface area contributed by atoms with E-state index in [4.69, 9.17) is 11.6 Å². The lowest BCUT2D eigenvalue weighted by Gasteiger charge is -2.39. The number of aromatic hydroxyl groups is 1. The summed E-state index contributed by atoms with van der Waals surface area (Å²) < 4.78 is 15.7. The molecular weight excluding hydrogens is 385 g/mol. The zero-order chi connectivity index (χ0) is 20.4. The summed E-state index contributed by atoms with van der Waals surface area (Å²) >= 11 is 5.79. The number of nitrogens with zero attached hydrogens (tertiary/aromatic N) is 3. The van der Waals surface area contributed by atoms with E-state index in [0.29, 0.717) is 25.3 Å². The van der Waals surface area contributed by atoms with E-state index in [1.165, 1.54) is 18.3 Å². The molecule has 0 unspecified atom stereocenters. The second-order valence-corrected chi connectivity index (χ2v) is 7.26. The Labute approximate surface area is 167 Å². The highest BCUT2D eigenvalue weighted by molar-refractivity contribution is 6.30. The van der Waals surface area contributed by atoms with Crippen LogP contribution in [0.4, 0.5) is 4.39 Å². The highest BCUT2D eigenvalue weighted by Crippen LogP contribution is 2.23. The van der Waals surface area contributed by atoms with E-state index in [-0.39, 0.29) is 22.7 Å². The zero-order valence-corrected chi connectivity index (χ0v) is 16.7. The van der Waals surface area contributed by atoms with Gasteiger partial charge < -0.3 is 10.0 Å². The summed E-state index contributed by atoms with van der Waals surface area (Å²) in [4.78, 5) is 27.0. The van der Waals surface area contributed by atoms with E-state index in [1.54, 1.807) is 15.6 Å². The van der Waals surface area contributed by atoms with Gasteiger partial charge in [-0.2, -0.15) is 0 Å². The fraction of sp³-hybridized carbons (Fsp3) is 0.400. The van der Waals surface area contributed by atoms with Gasteiger partial charge in [0.05, 0.1) is 0 Å². The highest BCUT2D eigenvalue weighted by Gasteiger charge is 2.32. The molecule has 6 nitrogen and oxygen atoms in total. The number of amides is 1. The second-order valence-electron chi connectivity index (χ2n) is 6.82. The Hall–Kier alpha value is -2.54. The van der Waals surface area contributed by atoms with Gasteiger partial charge in [0, 0.05) is 36.3 Å². The number of benzene rings is 1. The second kappa shape index (κ2) is 8.22. The van der Waals surface area contributed by atoms with E-state index in [1.807, 2.05) is 11.9 Å². The minimum absolute atomic E-state index is 0.0109. The summed E-state index contributed by atoms with van der Waals surface area (Å²) in [5, 5.41) is 12.7. The van der Waals surface area contributed by atoms with Crippen LogP contribution in [0.15, 0.2) is 29.2 Å². The number of rotatable bonds is 6. The van der Waals surface area contributed by atoms with Crippen molar-refractivity contribution in [3.63, 3.8) is 0 Å². The summed E-state index contributed by atoms with van der Waals surface area (Å²) in [6.07, 6.45) is 3.37. The van der Waals surface area contributed by atoms with Crippen LogP contribution >= 0.6 is 11.6 Å². The number of hydrogen-bond donors (Lipinski definition) is 1. The lowest BCUT2D eigenvalue weighted by atomic mass is 10.0. The van der Waals surface area contributed by atoms with Crippen LogP contribution in [-0.2, 0) is 6.42 Å². The van der Waals surface area contributed by atoms with Gasteiger partial charge in [-0.15, -0.1) is 0 Å². The lowest BCUT2D eigenvalue weighted by Crippen LogP contribution is -2.54. The van der Waals surface area contributed by atoms with Crippen LogP contribution in [0, 0.1) is 5.82 Å². The van der Waals surface area contributed by atoms with Crippen molar-refractivity contribution in [2.45, 2.75) is 33.1 Å². The number of hydrogen-bond acceptors (Lipinski definition) is 4. The monoisotopic (exact) mass is 407 g/mol. The Balaban J connectivity index is 2.09. The molecule has 1 aromatic carbocycles. The molecule has 0 saturated carbocycles. The maximum atomic E-state index is 14.2. The first-order chi connectivity index (χ1) is 13.4. The van der Waals surface area contributed by atoms with Crippen molar-refractivity contribution in [2.24, 2.45) is 0 Å². The third-order valence-electron chi connectivity index (χ3n) is 4.91. The highest BCUT2D eigenvalue weighted by atomic mass is 35.5. The Bertz CT molecular complexity index is 960. The standard InChI is InChI=1S/C20H23ClFN3O3/c1-3-5-8-24-12-23(4-2)20(28)17-19(27)18(26)14(11-25(17)24)9-13-6-7-15(21)10-16(13)22/h6-7,10-11,27H,3-5,8-9,12H2,1-2H3. The molecule has 28 heavy (non-hydrogen) atoms. The van der Waals surface area contributed by atoms with E-state index >= 15 is 0 Å². The molecule has 0 fully saturated rings. The summed E-state index contributed by atoms with van der Waals surface area (Å²) in [6, 6.07) is 4.24. The van der Waals surface area contributed by atoms with Gasteiger partial charge >= 0.3 is 0 Å². The molecule has 1 aliphatic rings. The molecule has 1 amide bonds. The van der Waals surface area contributed by atoms with Crippen molar-refractivity contribution < 1.29 is 14.3 Å². The van der Waals surface area contributed by atoms with Crippen LogP contribution in [-0.4, -0.2) is 40.3 Å². The van der Waals surface area contributed by atoms with Gasteiger partial charge in [-0.25, -0.2) is 4.39 Å². The molecule has 3 rings (SSSR count). The molecule has 1 aromatic heterocycles. The molecule has 150 valence electrons. The molecule has 0 atom stereocenters. The van der Waals surface area contributed by atoms with Gasteiger partial charge in [0.25, 0.3) is 5.91 Å². The predicted octanol–water partition coefficient (Wildman–Crippen LogP) is 3.11. The molecule has 2 heterocycles. The maximum absolute atomic E-state index is 14.2. The summed E-state index contributed by atoms with van der Waals surface area (Å²) in [6.45, 7) is 5.39. The first-order valence-corrected chi connectivity index (χ1v) is 9.71. The first kappa shape index (κ1) is 20.2. The van der Waals surface area contributed by atoms with Crippen molar-refractivity contribution in [3.8, 4) is 5.75 Å². The smallest absolute Gasteiger partial charge is 0.277 e. The molecule has 8 heteroatoms. The van der Waals surface area contributed by atoms with Crippen LogP contribution in [0.2, 0.25) is 5.02 Å². The number of halogens is 2. The number of aromatic nitrogens is 1. The molecule has 0 aliphatic carbocycles. The summed E-state index contributed by atoms with van der Waals surface area (Å²) in [5.74, 6) is -1.52. The van der Waals surface area contributed by atoms with Crippen molar-refractivity contribution in [2.75, 3.05) is 24.8 Å². The average Bonchev–Trinajstić information content (AvgIpc) is 2.67. The number of unbranched alkanes of at least 4 members (excludes halogenated alkanes) is 1. The number of pyridine rings is 1. The van der Waals surface area contributed by atoms with Gasteiger partial charge in [0.1, 0.15) is 12.5 Å². The average molecular weight is 408 g/mol. The quantitative estimate of drug-likeness (QED) is 0.799. The van der Waals surface area contributed by atoms with Crippen LogP contribution < -0.4 is 10.4 Å². The zero-order valence-electron chi connectivity index (χ0n) is 15.9. The molecule has 0 spiro atoms. The van der Waals surface area contributed by atoms with Crippen molar-refractivity contribution in [1.82, 2.24) is 9.58 Å². The molecule has 1 aliphatic heterocycles. The number of fused-ring (bicyclic) bond motifs is 1. The van der Waals surface area contributed by atoms with Crippen molar-refractivity contribution in [1.29, 1.82) is 0 Å². The Morgan fingerprint density at radius 2 is 1.96 bits per heavy atom. The molecular formula is C20H23ClFN3O3. The Morgan fingerprint density at radius 3 is 2.61 bits per heavy atom. The van der Waals surface area contributed by atoms with Gasteiger partial charge in [-0.3, -0.25) is 19.3 Å². The fourth-order valence-corrected chi connectivity index (χ4v) is 3.46. The van der Waals surface area contributed by atoms with Crippen LogP contribution in [0.3, 0.4) is 0 Å². The Kier molecular flexibility index (Phi) is 5.93. The largest absolute Gasteiger partial charge is 0.502 e. The third kappa shape index (κ3) is 3.71. The van der Waals surface area contributed by atoms with Crippen molar-refractivity contribution in [3.05, 3.63) is 62.3 Å². The van der Waals surface area contributed by atoms with E-state index in [2.05, 4.69) is 6.92 Å². The van der Waals surface area contributed by atoms with E-state index in [0.717, 1.165) is 12.8 Å². The van der Waals surface area contributed by atoms with Gasteiger partial charge in [-0.1, -0.05) is 31.0 Å². The lowest BCUT2D eigenvalue weighted by molar-refractivity contribution is 0.0697. The van der Waals surface area contributed by atoms with Crippen LogP contribution in [0.5, 0.6) is 5.75 Å². The minimum Gasteiger partial charge on any atom is -0.502 e. The van der Waals surface area contributed by atoms with Gasteiger partial charge in [-0.05, 0) is 31.0 Å². The molecule has 0 saturated heterocycles. The summed E-state index contributed by atoms with van der Waals surface area (Å²) in [7, 11) is 0. The maximum Gasteiger partial charge on any atom is 0.277 e. The van der Waals surface area contributed by atoms with E-state index < -0.39 is 22.9 Å². The van der Waals surface area contributed by atoms with E-state index in [9.17, 15) is 19.1 Å². The summed E-state index contributed by atoms with van der Waals surface area (Å²) in [5.41, 5.74) is -0.211. The van der Waals surface area contributed by atoms with Crippen LogP contribution in [0.25, 0.3) is 0 Å². The van der Waals surface area contributed by atoms with Gasteiger partial charge in [0.2, 0.25) is 5.43 Å². The topological polar surface area (TPSA) is 65.8 Å². The fourth-order valence-electron chi connectivity index (χ4n) is 3.30. The minimum atomic E-state index is -0.664. The number of carbonyl (C=O) groups excluding carboxylic acids is 1. The molecule has 0 radical (unpaired) electrons. The number of carbonyl (C=O) groups is 1.